The molecule has 9 aliphatic carbocycles. The molecule has 3 saturated carbocycles. The lowest BCUT2D eigenvalue weighted by Gasteiger charge is -2.51. The first-order valence-electron chi connectivity index (χ1n) is 36.8. The number of carbonyl (C=O) groups is 11. The Morgan fingerprint density at radius 1 is 0.491 bits per heavy atom. The van der Waals surface area contributed by atoms with Gasteiger partial charge in [0.25, 0.3) is 17.7 Å². The average Bonchev–Trinajstić information content (AvgIpc) is 0.730. The number of nitrogens with zero attached hydrogens (tertiary/aromatic N) is 4. The van der Waals surface area contributed by atoms with Gasteiger partial charge in [-0.25, -0.2) is 13.2 Å². The highest BCUT2D eigenvalue weighted by molar-refractivity contribution is 6.27. The molecule has 0 unspecified atom stereocenters. The number of aliphatic hydroxyl groups excluding tert-OH is 6. The Kier molecular flexibility index (Phi) is 21.8. The number of amides is 5. The zero-order chi connectivity index (χ0) is 84.9. The second kappa shape index (κ2) is 29.5. The number of Topliss-reactive ketones (excluding diaryl/α,β-unsaturated/α-hetero) is 6. The molecule has 0 radical (unpaired) electrons. The van der Waals surface area contributed by atoms with Crippen molar-refractivity contribution in [3.8, 4) is 17.2 Å². The van der Waals surface area contributed by atoms with Crippen LogP contribution in [0.2, 0.25) is 0 Å². The van der Waals surface area contributed by atoms with Crippen molar-refractivity contribution >= 4 is 92.9 Å². The lowest BCUT2D eigenvalue weighted by Crippen LogP contribution is -2.66. The number of anilines is 2. The highest BCUT2D eigenvalue weighted by atomic mass is 19.1. The van der Waals surface area contributed by atoms with Crippen LogP contribution in [-0.4, -0.2) is 242 Å². The number of fused-ring (bicyclic) bond motifs is 9. The van der Waals surface area contributed by atoms with Crippen molar-refractivity contribution in [2.24, 2.45) is 58.1 Å². The standard InChI is InChI=1S/C29H36FN3O8.C28H33FN4O8.C22H23FN2O7/c1-11-12-9-13-21(33(5)6)24(37)20(27(31)40)26(39)29(13,41)25(38)18(12)23(36)19-17(11)14(30)10-15(22(19)35)32-16(34)7-8-28(2,3)4;1-11-12-8-13-21(32(2)3)24(37)20(27(30)40)26(39)28(13,41)25(38)18(12)23(36)19-17(11)14(29)9-15(22(19)35)31-16(34)10-33-6-4-5-7-33;1-7-8-6-9-16(25(2)3)18(28)15(21(24)31)20(30)22(9,32)19(29)13(8)17(27)14-11(26)5-4-10(23)12(7)14/h10-13,21,35-36,39,41H,7-9H2,1-6H3,(H2,31,40)(H,32,34);9,11-13,21,35-36,39,41H,4-8,10H2,1-3H3,(H2,30,40)(H,31,34);4-5,7-9,16,26-27,30,32H,6H2,1-3H3,(H2,24,31)/t11-,12-,13+,21+,29+;11-,12-,13+,21+,28+;7-,8-,9+,16+,22+/m111/s1. The molecule has 0 bridgehead atoms. The van der Waals surface area contributed by atoms with Gasteiger partial charge in [-0.1, -0.05) is 41.5 Å². The van der Waals surface area contributed by atoms with Gasteiger partial charge in [-0.3, -0.25) is 72.3 Å². The first-order chi connectivity index (χ1) is 52.9. The average molecular weight is 1590 g/mol. The predicted molar refractivity (Wildman–Crippen MR) is 398 cm³/mol. The maximum atomic E-state index is 15.6. The van der Waals surface area contributed by atoms with E-state index in [9.17, 15) is 118 Å². The van der Waals surface area contributed by atoms with E-state index in [0.717, 1.165) is 50.2 Å². The molecule has 4 fully saturated rings. The Bertz CT molecular complexity index is 5010. The molecule has 114 heavy (non-hydrogen) atoms. The number of benzene rings is 3. The van der Waals surface area contributed by atoms with E-state index in [1.807, 2.05) is 25.7 Å². The van der Waals surface area contributed by atoms with E-state index in [1.165, 1.54) is 57.0 Å². The molecule has 15 atom stereocenters. The van der Waals surface area contributed by atoms with Gasteiger partial charge in [0.05, 0.1) is 52.7 Å². The van der Waals surface area contributed by atoms with Gasteiger partial charge in [0.2, 0.25) is 29.2 Å². The van der Waals surface area contributed by atoms with Crippen LogP contribution in [0, 0.1) is 58.4 Å². The monoisotopic (exact) mass is 1590 g/mol. The Morgan fingerprint density at radius 2 is 0.798 bits per heavy atom. The van der Waals surface area contributed by atoms with Crippen molar-refractivity contribution in [2.45, 2.75) is 139 Å². The topological polar surface area (TPSA) is 546 Å². The Labute approximate surface area is 650 Å². The van der Waals surface area contributed by atoms with Crippen molar-refractivity contribution in [1.29, 1.82) is 0 Å². The molecule has 3 aromatic rings. The number of phenolic OH excluding ortho intramolecular Hbond substituents is 3. The third kappa shape index (κ3) is 12.8. The molecule has 1 saturated heterocycles. The lowest BCUT2D eigenvalue weighted by atomic mass is 9.55. The van der Waals surface area contributed by atoms with Crippen LogP contribution in [-0.2, 0) is 52.7 Å². The van der Waals surface area contributed by atoms with Crippen molar-refractivity contribution in [3.05, 3.63) is 126 Å². The summed E-state index contributed by atoms with van der Waals surface area (Å²) < 4.78 is 45.9. The molecule has 32 nitrogen and oxygen atoms in total. The van der Waals surface area contributed by atoms with Gasteiger partial charge < -0.3 is 89.1 Å². The number of halogens is 3. The molecular weight excluding hydrogens is 1500 g/mol. The molecule has 13 rings (SSSR count). The third-order valence-corrected chi connectivity index (χ3v) is 24.5. The number of nitrogens with one attached hydrogen (secondary N) is 2. The summed E-state index contributed by atoms with van der Waals surface area (Å²) in [5.74, 6) is -30.1. The van der Waals surface area contributed by atoms with Crippen LogP contribution in [0.4, 0.5) is 24.5 Å². The minimum atomic E-state index is -2.81. The van der Waals surface area contributed by atoms with E-state index >= 15 is 8.78 Å². The number of likely N-dealkylation sites (N-methyl/N-ethyl adjacent to an activating group) is 3. The Hall–Kier alpha value is -10.8. The van der Waals surface area contributed by atoms with Crippen LogP contribution in [0.3, 0.4) is 0 Å². The fraction of sp³-hybridized carbons (Fsp3) is 0.481. The smallest absolute Gasteiger partial charge is 0.255 e. The third-order valence-electron chi connectivity index (χ3n) is 24.5. The summed E-state index contributed by atoms with van der Waals surface area (Å²) >= 11 is 0. The van der Waals surface area contributed by atoms with Crippen molar-refractivity contribution in [3.63, 3.8) is 0 Å². The number of rotatable bonds is 12. The number of carbonyl (C=O) groups excluding carboxylic acids is 11. The van der Waals surface area contributed by atoms with E-state index in [2.05, 4.69) is 10.6 Å². The molecule has 1 aliphatic heterocycles. The molecule has 612 valence electrons. The number of hydrogen-bond donors (Lipinski definition) is 17. The van der Waals surface area contributed by atoms with Gasteiger partial charge in [0.15, 0.2) is 45.7 Å². The van der Waals surface area contributed by atoms with E-state index in [-0.39, 0.29) is 76.8 Å². The van der Waals surface area contributed by atoms with Crippen LogP contribution in [0.1, 0.15) is 138 Å². The highest BCUT2D eigenvalue weighted by Gasteiger charge is 2.69. The number of nitrogens with two attached hydrogens (primary N) is 3. The molecule has 5 amide bonds. The number of likely N-dealkylation sites (tertiary alicyclic amines) is 1. The summed E-state index contributed by atoms with van der Waals surface area (Å²) in [5.41, 5.74) is 1.64. The maximum Gasteiger partial charge on any atom is 0.255 e. The van der Waals surface area contributed by atoms with Gasteiger partial charge in [0.1, 0.15) is 74.5 Å². The summed E-state index contributed by atoms with van der Waals surface area (Å²) in [7, 11) is 8.99. The van der Waals surface area contributed by atoms with Crippen molar-refractivity contribution in [2.75, 3.05) is 72.6 Å². The molecule has 0 aromatic heterocycles. The van der Waals surface area contributed by atoms with Gasteiger partial charge in [-0.15, -0.1) is 0 Å². The zero-order valence-corrected chi connectivity index (χ0v) is 64.3. The largest absolute Gasteiger partial charge is 0.508 e. The number of aromatic hydroxyl groups is 3. The fourth-order valence-corrected chi connectivity index (χ4v) is 19.0. The van der Waals surface area contributed by atoms with Gasteiger partial charge in [0, 0.05) is 69.7 Å². The summed E-state index contributed by atoms with van der Waals surface area (Å²) in [5, 5.41) is 138. The maximum absolute atomic E-state index is 15.6. The van der Waals surface area contributed by atoms with E-state index in [0.29, 0.717) is 6.42 Å². The molecule has 20 N–H and O–H groups in total. The van der Waals surface area contributed by atoms with Crippen LogP contribution in [0.25, 0.3) is 17.3 Å². The second-order valence-electron chi connectivity index (χ2n) is 32.9. The fourth-order valence-electron chi connectivity index (χ4n) is 19.0. The van der Waals surface area contributed by atoms with Crippen molar-refractivity contribution in [1.82, 2.24) is 19.6 Å². The number of ketones is 6. The van der Waals surface area contributed by atoms with Crippen LogP contribution >= 0.6 is 0 Å². The highest BCUT2D eigenvalue weighted by Crippen LogP contribution is 2.61. The summed E-state index contributed by atoms with van der Waals surface area (Å²) in [6, 6.07) is 0.297. The zero-order valence-electron chi connectivity index (χ0n) is 64.3. The normalized spacial score (nSPS) is 29.8. The molecule has 1 heterocycles. The number of phenols is 3. The minimum absolute atomic E-state index is 0.00983. The van der Waals surface area contributed by atoms with Gasteiger partial charge >= 0.3 is 0 Å². The minimum Gasteiger partial charge on any atom is -0.508 e. The lowest BCUT2D eigenvalue weighted by molar-refractivity contribution is -0.155. The Balaban J connectivity index is 0.000000170. The van der Waals surface area contributed by atoms with Gasteiger partial charge in [-0.2, -0.15) is 0 Å². The number of primary amides is 3. The molecule has 10 aliphatic rings. The summed E-state index contributed by atoms with van der Waals surface area (Å²) in [6.07, 6.45) is 2.06. The first-order valence-corrected chi connectivity index (χ1v) is 36.8. The van der Waals surface area contributed by atoms with E-state index < -0.39 is 261 Å². The van der Waals surface area contributed by atoms with Gasteiger partial charge in [-0.05, 0) is 147 Å². The van der Waals surface area contributed by atoms with E-state index in [1.54, 1.807) is 20.8 Å². The van der Waals surface area contributed by atoms with E-state index in [4.69, 9.17) is 17.2 Å². The molecule has 3 aromatic carbocycles. The van der Waals surface area contributed by atoms with Crippen LogP contribution in [0.5, 0.6) is 17.2 Å². The van der Waals surface area contributed by atoms with Crippen LogP contribution in [0.15, 0.2) is 75.0 Å². The summed E-state index contributed by atoms with van der Waals surface area (Å²) in [4.78, 5) is 148. The number of hydrogen-bond acceptors (Lipinski definition) is 27. The quantitative estimate of drug-likeness (QED) is 0.0906. The second-order valence-corrected chi connectivity index (χ2v) is 32.9. The SMILES string of the molecule is C[C@H]1c2c(F)cc(NC(=O)CCC(C)(C)C)c(O)c2C(O)=C2C(=O)[C@]3(O)C(O)=C(C(N)=O)C(=O)[C@@H](N(C)C)[C@@H]3C[C@@H]21.C[C@H]1c2c(F)cc(NC(=O)CN3CCCC3)c(O)c2C(O)=C2C(=O)[C@]3(O)C(O)=C(C(N)=O)C(=O)[C@@H](N(C)C)[C@@H]3C[C@@H]21.C[C@H]1c2c(F)ccc(O)c2C(O)=C2C(=O)[C@]3(O)C(O)=C(C(N)=O)C(=O)[C@@H](N(C)C)[C@@H]3C[C@@H]21. The Morgan fingerprint density at radius 3 is 1.11 bits per heavy atom. The first kappa shape index (κ1) is 84.1. The molecular formula is C79H92F3N9O23. The number of aliphatic hydroxyl groups is 9. The van der Waals surface area contributed by atoms with Crippen LogP contribution < -0.4 is 27.8 Å². The van der Waals surface area contributed by atoms with Crippen molar-refractivity contribution < 1.29 is 127 Å². The molecule has 0 spiro atoms. The summed E-state index contributed by atoms with van der Waals surface area (Å²) in [6.45, 7) is 12.1. The molecule has 35 heteroatoms. The predicted octanol–water partition coefficient (Wildman–Crippen LogP) is 3.79.